The van der Waals surface area contributed by atoms with Gasteiger partial charge in [0.1, 0.15) is 72.7 Å². The van der Waals surface area contributed by atoms with Crippen LogP contribution in [0.2, 0.25) is 0 Å². The molecule has 0 spiro atoms. The largest absolute Gasteiger partial charge is 0.469 e. The number of nitrogens with one attached hydrogen (secondary N) is 1. The lowest BCUT2D eigenvalue weighted by atomic mass is 9.94. The van der Waals surface area contributed by atoms with Crippen molar-refractivity contribution in [2.24, 2.45) is 0 Å². The van der Waals surface area contributed by atoms with Crippen LogP contribution in [-0.4, -0.2) is 203 Å². The molecule has 0 radical (unpaired) electrons. The summed E-state index contributed by atoms with van der Waals surface area (Å²) in [5, 5.41) is 81.1. The third kappa shape index (κ3) is 13.2. The van der Waals surface area contributed by atoms with Crippen molar-refractivity contribution >= 4 is 17.8 Å². The van der Waals surface area contributed by atoms with E-state index >= 15 is 0 Å². The van der Waals surface area contributed by atoms with Crippen molar-refractivity contribution in [1.29, 1.82) is 0 Å². The fourth-order valence-corrected chi connectivity index (χ4v) is 7.76. The van der Waals surface area contributed by atoms with Crippen molar-refractivity contribution in [1.82, 2.24) is 5.32 Å². The van der Waals surface area contributed by atoms with Crippen LogP contribution in [0.1, 0.15) is 80.6 Å². The summed E-state index contributed by atoms with van der Waals surface area (Å²) in [5.74, 6) is -1.45. The van der Waals surface area contributed by atoms with Crippen molar-refractivity contribution in [3.63, 3.8) is 0 Å². The van der Waals surface area contributed by atoms with E-state index in [9.17, 15) is 50.1 Å². The first-order chi connectivity index (χ1) is 28.6. The number of aliphatic hydroxyl groups excluding tert-OH is 7. The third-order valence-corrected chi connectivity index (χ3v) is 11.2. The number of methoxy groups -OCH3 is 2. The van der Waals surface area contributed by atoms with Crippen molar-refractivity contribution in [2.45, 2.75) is 209 Å². The fraction of sp³-hybridized carbons (Fsp3) is 0.923. The summed E-state index contributed by atoms with van der Waals surface area (Å²) in [6.45, 7) is 10.5. The molecule has 22 heteroatoms. The fourth-order valence-electron chi connectivity index (χ4n) is 7.76. The molecule has 4 heterocycles. The summed E-state index contributed by atoms with van der Waals surface area (Å²) in [5.41, 5.74) is -1.14. The van der Waals surface area contributed by atoms with E-state index in [1.165, 1.54) is 41.9 Å². The predicted octanol–water partition coefficient (Wildman–Crippen LogP) is -2.37. The lowest BCUT2D eigenvalue weighted by molar-refractivity contribution is -0.387. The van der Waals surface area contributed by atoms with Gasteiger partial charge in [-0.15, -0.1) is 0 Å². The summed E-state index contributed by atoms with van der Waals surface area (Å²) in [4.78, 5) is 35.8. The molecule has 22 nitrogen and oxygen atoms in total. The lowest BCUT2D eigenvalue weighted by Crippen LogP contribution is -2.67. The molecule has 4 saturated heterocycles. The molecule has 0 saturated carbocycles. The van der Waals surface area contributed by atoms with E-state index in [4.69, 9.17) is 47.4 Å². The van der Waals surface area contributed by atoms with Crippen LogP contribution in [0.25, 0.3) is 0 Å². The Balaban J connectivity index is 1.43. The Morgan fingerprint density at radius 2 is 1.10 bits per heavy atom. The Labute approximate surface area is 354 Å². The van der Waals surface area contributed by atoms with E-state index < -0.39 is 140 Å². The number of hydrogen-bond acceptors (Lipinski definition) is 21. The van der Waals surface area contributed by atoms with Crippen LogP contribution in [0, 0.1) is 0 Å². The summed E-state index contributed by atoms with van der Waals surface area (Å²) in [6, 6.07) is -1.02. The van der Waals surface area contributed by atoms with Gasteiger partial charge in [-0.2, -0.15) is 0 Å². The molecule has 4 fully saturated rings. The second kappa shape index (κ2) is 22.6. The summed E-state index contributed by atoms with van der Waals surface area (Å²) < 4.78 is 62.6. The minimum absolute atomic E-state index is 0.129. The standard InChI is InChI=1S/C39H67NO21/c1-16-23(40-21(42)15-39(6,7)61-20(5)41)27(47)33(52-9)38(54-16)59-32-26(46)19(4)55-35(30(32)50)58-31-25(45)18(3)56-36(29(31)49)60-34-28(48)24(44)17(2)57-37(34)53-14-12-10-11-13-22(43)51-8/h16-19,23-38,44-50H,10-15H2,1-9H3,(H,40,42)/t16-,17+,18+,19+,23-,24+,25+,26+,27+,28-,29-,30-,31-,32-,33-,34-,35+,36+,37-,38+/m1/s1. The Morgan fingerprint density at radius 1 is 0.590 bits per heavy atom. The van der Waals surface area contributed by atoms with E-state index in [0.717, 1.165) is 0 Å². The number of ether oxygens (including phenoxy) is 11. The molecule has 0 bridgehead atoms. The first-order valence-corrected chi connectivity index (χ1v) is 20.7. The van der Waals surface area contributed by atoms with Gasteiger partial charge in [-0.3, -0.25) is 14.4 Å². The Morgan fingerprint density at radius 3 is 1.64 bits per heavy atom. The highest BCUT2D eigenvalue weighted by Crippen LogP contribution is 2.35. The molecule has 4 rings (SSSR count). The highest BCUT2D eigenvalue weighted by Gasteiger charge is 2.55. The van der Waals surface area contributed by atoms with Gasteiger partial charge < -0.3 is 93.2 Å². The quantitative estimate of drug-likeness (QED) is 0.0527. The maximum absolute atomic E-state index is 12.9. The van der Waals surface area contributed by atoms with Crippen molar-refractivity contribution in [2.75, 3.05) is 20.8 Å². The number of esters is 2. The maximum atomic E-state index is 12.9. The predicted molar refractivity (Wildman–Crippen MR) is 204 cm³/mol. The minimum atomic E-state index is -1.81. The summed E-state index contributed by atoms with van der Waals surface area (Å²) in [6.07, 6.45) is -25.0. The third-order valence-electron chi connectivity index (χ3n) is 11.2. The molecular formula is C39H67NO21. The van der Waals surface area contributed by atoms with Crippen LogP contribution in [-0.2, 0) is 66.5 Å². The van der Waals surface area contributed by atoms with Crippen LogP contribution in [0.15, 0.2) is 0 Å². The van der Waals surface area contributed by atoms with Gasteiger partial charge in [0.25, 0.3) is 0 Å². The van der Waals surface area contributed by atoms with Crippen molar-refractivity contribution < 1.29 is 102 Å². The van der Waals surface area contributed by atoms with Gasteiger partial charge in [0.05, 0.1) is 44.0 Å². The zero-order chi connectivity index (χ0) is 45.5. The maximum Gasteiger partial charge on any atom is 0.305 e. The average molecular weight is 886 g/mol. The Bertz CT molecular complexity index is 1410. The molecule has 4 aliphatic rings. The zero-order valence-corrected chi connectivity index (χ0v) is 36.1. The van der Waals surface area contributed by atoms with Gasteiger partial charge in [0, 0.05) is 27.1 Å². The summed E-state index contributed by atoms with van der Waals surface area (Å²) in [7, 11) is 2.57. The molecule has 4 aliphatic heterocycles. The molecule has 20 atom stereocenters. The second-order valence-electron chi connectivity index (χ2n) is 16.7. The first kappa shape index (κ1) is 51.4. The average Bonchev–Trinajstić information content (AvgIpc) is 3.18. The van der Waals surface area contributed by atoms with Crippen LogP contribution >= 0.6 is 0 Å². The molecule has 0 aromatic carbocycles. The topological polar surface area (TPSA) is 306 Å². The van der Waals surface area contributed by atoms with Crippen LogP contribution in [0.5, 0.6) is 0 Å². The molecule has 0 aromatic heterocycles. The molecule has 1 amide bonds. The van der Waals surface area contributed by atoms with E-state index in [2.05, 4.69) is 10.1 Å². The number of hydrogen-bond donors (Lipinski definition) is 8. The molecule has 8 N–H and O–H groups in total. The highest BCUT2D eigenvalue weighted by atomic mass is 16.8. The first-order valence-electron chi connectivity index (χ1n) is 20.7. The SMILES string of the molecule is COC(=O)CCCCCO[C@@H]1O[C@@H](C)[C@H](O)[C@@H](O)[C@H]1O[C@@H]1O[C@@H](C)[C@H](O)[C@@H](O[C@@H]2O[C@@H](C)[C@H](O)[C@@H](O[C@@H]3O[C@H](C)[C@@H](NC(=O)CC(C)(C)OC(C)=O)[C@H](O)[C@H]3OC)[C@H]2O)[C@H]1O. The highest BCUT2D eigenvalue weighted by molar-refractivity contribution is 5.78. The molecule has 0 unspecified atom stereocenters. The van der Waals surface area contributed by atoms with Crippen molar-refractivity contribution in [3.8, 4) is 0 Å². The number of unbranched alkanes of at least 4 members (excludes halogenated alkanes) is 2. The van der Waals surface area contributed by atoms with E-state index in [0.29, 0.717) is 19.3 Å². The van der Waals surface area contributed by atoms with Crippen LogP contribution in [0.4, 0.5) is 0 Å². The second-order valence-corrected chi connectivity index (χ2v) is 16.7. The number of carbonyl (C=O) groups excluding carboxylic acids is 3. The van der Waals surface area contributed by atoms with Gasteiger partial charge in [-0.25, -0.2) is 0 Å². The van der Waals surface area contributed by atoms with Gasteiger partial charge in [0.15, 0.2) is 25.2 Å². The summed E-state index contributed by atoms with van der Waals surface area (Å²) >= 11 is 0. The van der Waals surface area contributed by atoms with E-state index in [-0.39, 0.29) is 25.4 Å². The molecule has 354 valence electrons. The molecule has 61 heavy (non-hydrogen) atoms. The monoisotopic (exact) mass is 885 g/mol. The minimum Gasteiger partial charge on any atom is -0.469 e. The lowest BCUT2D eigenvalue weighted by Gasteiger charge is -2.49. The van der Waals surface area contributed by atoms with Crippen molar-refractivity contribution in [3.05, 3.63) is 0 Å². The molecule has 0 aliphatic carbocycles. The van der Waals surface area contributed by atoms with Gasteiger partial charge >= 0.3 is 11.9 Å². The van der Waals surface area contributed by atoms with Crippen LogP contribution < -0.4 is 5.32 Å². The molecular weight excluding hydrogens is 818 g/mol. The van der Waals surface area contributed by atoms with Gasteiger partial charge in [-0.05, 0) is 54.4 Å². The number of rotatable bonds is 18. The van der Waals surface area contributed by atoms with E-state index in [1.54, 1.807) is 20.8 Å². The normalized spacial score (nSPS) is 42.1. The van der Waals surface area contributed by atoms with E-state index in [1.807, 2.05) is 0 Å². The number of aliphatic hydroxyl groups is 7. The smallest absolute Gasteiger partial charge is 0.305 e. The van der Waals surface area contributed by atoms with Gasteiger partial charge in [-0.1, -0.05) is 6.42 Å². The zero-order valence-electron chi connectivity index (χ0n) is 36.1. The van der Waals surface area contributed by atoms with Crippen LogP contribution in [0.3, 0.4) is 0 Å². The Kier molecular flexibility index (Phi) is 19.0. The number of carbonyl (C=O) groups is 3. The Hall–Kier alpha value is -2.23. The molecule has 0 aromatic rings. The van der Waals surface area contributed by atoms with Gasteiger partial charge in [0.2, 0.25) is 5.91 Å². The number of amides is 1.